The minimum atomic E-state index is 0.529. The summed E-state index contributed by atoms with van der Waals surface area (Å²) in [6, 6.07) is 0.742. The highest BCUT2D eigenvalue weighted by Gasteiger charge is 2.18. The summed E-state index contributed by atoms with van der Waals surface area (Å²) in [6.45, 7) is 2.39. The zero-order valence-corrected chi connectivity index (χ0v) is 13.2. The highest BCUT2D eigenvalue weighted by atomic mass is 16.5. The molecule has 0 amide bonds. The number of nitrogens with zero attached hydrogens (tertiary/aromatic N) is 1. The fraction of sp³-hybridized carbons (Fsp3) is 1.00. The molecule has 2 fully saturated rings. The van der Waals surface area contributed by atoms with Crippen LogP contribution < -0.4 is 5.32 Å². The standard InChI is InChI=1S/C8H17NO.C7H15NO/c1-9-7-3-5-8(10-2)6-4-7;1-8-5-3-7(9-2)4-6-8/h7-9H,3-6H2,1-2H3;7H,3-6H2,1-2H3. The van der Waals surface area contributed by atoms with Crippen LogP contribution in [0.3, 0.4) is 0 Å². The molecule has 2 aliphatic rings. The molecule has 114 valence electrons. The van der Waals surface area contributed by atoms with E-state index in [0.29, 0.717) is 12.2 Å². The molecule has 19 heavy (non-hydrogen) atoms. The van der Waals surface area contributed by atoms with Crippen LogP contribution >= 0.6 is 0 Å². The molecule has 0 spiro atoms. The molecular weight excluding hydrogens is 240 g/mol. The third-order valence-electron chi connectivity index (χ3n) is 4.41. The molecule has 4 heteroatoms. The van der Waals surface area contributed by atoms with Gasteiger partial charge in [0, 0.05) is 33.4 Å². The summed E-state index contributed by atoms with van der Waals surface area (Å²) in [5.41, 5.74) is 0. The van der Waals surface area contributed by atoms with E-state index in [-0.39, 0.29) is 0 Å². The largest absolute Gasteiger partial charge is 0.381 e. The van der Waals surface area contributed by atoms with E-state index in [1.807, 2.05) is 14.2 Å². The topological polar surface area (TPSA) is 33.7 Å². The van der Waals surface area contributed by atoms with E-state index in [4.69, 9.17) is 9.47 Å². The first-order valence-electron chi connectivity index (χ1n) is 7.61. The highest BCUT2D eigenvalue weighted by Crippen LogP contribution is 2.19. The van der Waals surface area contributed by atoms with Gasteiger partial charge in [0.1, 0.15) is 0 Å². The Hall–Kier alpha value is -0.160. The monoisotopic (exact) mass is 272 g/mol. The molecule has 0 radical (unpaired) electrons. The fourth-order valence-electron chi connectivity index (χ4n) is 2.81. The van der Waals surface area contributed by atoms with Crippen molar-refractivity contribution in [2.75, 3.05) is 41.4 Å². The van der Waals surface area contributed by atoms with Gasteiger partial charge < -0.3 is 19.7 Å². The summed E-state index contributed by atoms with van der Waals surface area (Å²) in [6.07, 6.45) is 8.46. The molecule has 0 aromatic heterocycles. The van der Waals surface area contributed by atoms with Crippen molar-refractivity contribution in [1.29, 1.82) is 0 Å². The molecule has 1 N–H and O–H groups in total. The summed E-state index contributed by atoms with van der Waals surface area (Å²) < 4.78 is 10.5. The lowest BCUT2D eigenvalue weighted by atomic mass is 9.93. The van der Waals surface area contributed by atoms with Gasteiger partial charge in [-0.25, -0.2) is 0 Å². The normalized spacial score (nSPS) is 29.7. The molecule has 4 nitrogen and oxygen atoms in total. The number of rotatable bonds is 3. The molecule has 1 saturated heterocycles. The van der Waals surface area contributed by atoms with Gasteiger partial charge in [-0.2, -0.15) is 0 Å². The van der Waals surface area contributed by atoms with Gasteiger partial charge in [0.15, 0.2) is 0 Å². The van der Waals surface area contributed by atoms with Crippen LogP contribution in [-0.2, 0) is 9.47 Å². The van der Waals surface area contributed by atoms with E-state index in [9.17, 15) is 0 Å². The Morgan fingerprint density at radius 2 is 1.32 bits per heavy atom. The van der Waals surface area contributed by atoms with Gasteiger partial charge in [-0.1, -0.05) is 0 Å². The van der Waals surface area contributed by atoms with Crippen LogP contribution in [0, 0.1) is 0 Å². The zero-order chi connectivity index (χ0) is 14.1. The second kappa shape index (κ2) is 9.70. The maximum Gasteiger partial charge on any atom is 0.0595 e. The molecule has 0 aromatic rings. The molecule has 1 saturated carbocycles. The first kappa shape index (κ1) is 16.9. The number of piperidine rings is 1. The quantitative estimate of drug-likeness (QED) is 0.851. The maximum atomic E-state index is 5.26. The minimum Gasteiger partial charge on any atom is -0.381 e. The van der Waals surface area contributed by atoms with Crippen LogP contribution in [0.15, 0.2) is 0 Å². The lowest BCUT2D eigenvalue weighted by Gasteiger charge is -2.27. The van der Waals surface area contributed by atoms with Gasteiger partial charge in [0.2, 0.25) is 0 Å². The van der Waals surface area contributed by atoms with Crippen LogP contribution in [-0.4, -0.2) is 64.6 Å². The molecule has 2 rings (SSSR count). The Bertz CT molecular complexity index is 198. The van der Waals surface area contributed by atoms with E-state index >= 15 is 0 Å². The van der Waals surface area contributed by atoms with Crippen LogP contribution in [0.25, 0.3) is 0 Å². The molecule has 1 aliphatic heterocycles. The summed E-state index contributed by atoms with van der Waals surface area (Å²) >= 11 is 0. The fourth-order valence-corrected chi connectivity index (χ4v) is 2.81. The van der Waals surface area contributed by atoms with Crippen molar-refractivity contribution >= 4 is 0 Å². The van der Waals surface area contributed by atoms with E-state index < -0.39 is 0 Å². The van der Waals surface area contributed by atoms with Gasteiger partial charge in [-0.15, -0.1) is 0 Å². The second-order valence-corrected chi connectivity index (χ2v) is 5.74. The van der Waals surface area contributed by atoms with E-state index in [0.717, 1.165) is 6.04 Å². The van der Waals surface area contributed by atoms with Crippen molar-refractivity contribution in [2.24, 2.45) is 0 Å². The predicted octanol–water partition coefficient (Wildman–Crippen LogP) is 1.89. The smallest absolute Gasteiger partial charge is 0.0595 e. The van der Waals surface area contributed by atoms with Crippen LogP contribution in [0.2, 0.25) is 0 Å². The lowest BCUT2D eigenvalue weighted by molar-refractivity contribution is 0.0484. The second-order valence-electron chi connectivity index (χ2n) is 5.74. The van der Waals surface area contributed by atoms with Gasteiger partial charge in [0.25, 0.3) is 0 Å². The van der Waals surface area contributed by atoms with Gasteiger partial charge in [-0.05, 0) is 52.6 Å². The zero-order valence-electron chi connectivity index (χ0n) is 13.2. The average molecular weight is 272 g/mol. The van der Waals surface area contributed by atoms with Gasteiger partial charge in [-0.3, -0.25) is 0 Å². The minimum absolute atomic E-state index is 0.529. The van der Waals surface area contributed by atoms with Gasteiger partial charge >= 0.3 is 0 Å². The Morgan fingerprint density at radius 1 is 0.842 bits per heavy atom. The summed E-state index contributed by atoms with van der Waals surface area (Å²) in [4.78, 5) is 2.34. The summed E-state index contributed by atoms with van der Waals surface area (Å²) in [7, 11) is 7.81. The first-order chi connectivity index (χ1) is 9.19. The van der Waals surface area contributed by atoms with Crippen molar-refractivity contribution in [2.45, 2.75) is 56.8 Å². The van der Waals surface area contributed by atoms with Crippen LogP contribution in [0.1, 0.15) is 38.5 Å². The number of methoxy groups -OCH3 is 2. The van der Waals surface area contributed by atoms with Crippen LogP contribution in [0.5, 0.6) is 0 Å². The van der Waals surface area contributed by atoms with Crippen molar-refractivity contribution in [1.82, 2.24) is 10.2 Å². The lowest BCUT2D eigenvalue weighted by Crippen LogP contribution is -2.33. The Morgan fingerprint density at radius 3 is 1.74 bits per heavy atom. The highest BCUT2D eigenvalue weighted by molar-refractivity contribution is 4.75. The third kappa shape index (κ3) is 6.70. The summed E-state index contributed by atoms with van der Waals surface area (Å²) in [5, 5.41) is 3.29. The molecular formula is C15H32N2O2. The molecule has 0 bridgehead atoms. The molecule has 0 unspecified atom stereocenters. The van der Waals surface area contributed by atoms with Crippen molar-refractivity contribution in [3.8, 4) is 0 Å². The number of hydrogen-bond donors (Lipinski definition) is 1. The summed E-state index contributed by atoms with van der Waals surface area (Å²) in [5.74, 6) is 0. The Kier molecular flexibility index (Phi) is 8.62. The molecule has 1 aliphatic carbocycles. The number of likely N-dealkylation sites (tertiary alicyclic amines) is 1. The molecule has 0 aromatic carbocycles. The van der Waals surface area contributed by atoms with Crippen molar-refractivity contribution in [3.63, 3.8) is 0 Å². The first-order valence-corrected chi connectivity index (χ1v) is 7.61. The Labute approximate surface area is 118 Å². The van der Waals surface area contributed by atoms with Gasteiger partial charge in [0.05, 0.1) is 12.2 Å². The molecule has 0 atom stereocenters. The Balaban J connectivity index is 0.000000191. The maximum absolute atomic E-state index is 5.26. The van der Waals surface area contributed by atoms with E-state index in [1.165, 1.54) is 51.6 Å². The van der Waals surface area contributed by atoms with E-state index in [1.54, 1.807) is 7.11 Å². The molecule has 1 heterocycles. The average Bonchev–Trinajstić information content (AvgIpc) is 2.49. The number of nitrogens with one attached hydrogen (secondary N) is 1. The predicted molar refractivity (Wildman–Crippen MR) is 79.6 cm³/mol. The number of hydrogen-bond acceptors (Lipinski definition) is 4. The van der Waals surface area contributed by atoms with Crippen LogP contribution in [0.4, 0.5) is 0 Å². The van der Waals surface area contributed by atoms with Crippen molar-refractivity contribution < 1.29 is 9.47 Å². The third-order valence-corrected chi connectivity index (χ3v) is 4.41. The SMILES string of the molecule is CNC1CCC(OC)CC1.COC1CCN(C)CC1. The number of ether oxygens (including phenoxy) is 2. The van der Waals surface area contributed by atoms with E-state index in [2.05, 4.69) is 17.3 Å². The van der Waals surface area contributed by atoms with Crippen molar-refractivity contribution in [3.05, 3.63) is 0 Å².